The lowest BCUT2D eigenvalue weighted by Gasteiger charge is -2.26. The molecule has 0 saturated carbocycles. The second kappa shape index (κ2) is 10.8. The number of phenols is 1. The number of unbranched alkanes of at least 4 members (excludes halogenated alkanes) is 2. The van der Waals surface area contributed by atoms with E-state index >= 15 is 0 Å². The Morgan fingerprint density at radius 2 is 2.14 bits per heavy atom. The Bertz CT molecular complexity index is 746. The summed E-state index contributed by atoms with van der Waals surface area (Å²) in [6, 6.07) is 5.59. The van der Waals surface area contributed by atoms with Crippen LogP contribution in [0.25, 0.3) is 0 Å². The topological polar surface area (TPSA) is 79.5 Å². The third-order valence-corrected chi connectivity index (χ3v) is 4.82. The van der Waals surface area contributed by atoms with Crippen molar-refractivity contribution in [2.45, 2.75) is 77.7 Å². The zero-order valence-corrected chi connectivity index (χ0v) is 17.2. The molecule has 0 amide bonds. The van der Waals surface area contributed by atoms with Crippen LogP contribution in [0.4, 0.5) is 0 Å². The maximum Gasteiger partial charge on any atom is 0.310 e. The molecule has 5 heteroatoms. The van der Waals surface area contributed by atoms with Crippen LogP contribution in [0.5, 0.6) is 11.5 Å². The summed E-state index contributed by atoms with van der Waals surface area (Å²) in [5, 5.41) is 19.2. The second-order valence-corrected chi connectivity index (χ2v) is 7.73. The van der Waals surface area contributed by atoms with Crippen molar-refractivity contribution in [1.29, 1.82) is 5.26 Å². The van der Waals surface area contributed by atoms with Crippen LogP contribution in [0, 0.1) is 11.3 Å². The molecule has 1 aromatic rings. The van der Waals surface area contributed by atoms with Crippen LogP contribution in [-0.2, 0) is 16.0 Å². The van der Waals surface area contributed by atoms with E-state index in [0.29, 0.717) is 30.8 Å². The lowest BCUT2D eigenvalue weighted by atomic mass is 9.83. The summed E-state index contributed by atoms with van der Waals surface area (Å²) in [6.45, 7) is 6.34. The van der Waals surface area contributed by atoms with Crippen molar-refractivity contribution in [3.05, 3.63) is 34.9 Å². The summed E-state index contributed by atoms with van der Waals surface area (Å²) in [4.78, 5) is 12.1. The molecule has 0 saturated heterocycles. The number of ether oxygens (including phenoxy) is 2. The number of nitrogens with zero attached hydrogens (tertiary/aromatic N) is 1. The summed E-state index contributed by atoms with van der Waals surface area (Å²) in [6.07, 6.45) is 7.06. The summed E-state index contributed by atoms with van der Waals surface area (Å²) in [5.41, 5.74) is 2.85. The van der Waals surface area contributed by atoms with Crippen molar-refractivity contribution < 1.29 is 19.4 Å². The largest absolute Gasteiger partial charge is 0.508 e. The normalized spacial score (nSPS) is 16.4. The van der Waals surface area contributed by atoms with Gasteiger partial charge in [0.15, 0.2) is 0 Å². The van der Waals surface area contributed by atoms with Crippen LogP contribution in [0.15, 0.2) is 23.8 Å². The summed E-state index contributed by atoms with van der Waals surface area (Å²) in [7, 11) is 0. The Morgan fingerprint density at radius 3 is 2.82 bits per heavy atom. The average Bonchev–Trinajstić information content (AvgIpc) is 2.60. The number of rotatable bonds is 9. The lowest BCUT2D eigenvalue weighted by molar-refractivity contribution is -0.142. The fourth-order valence-corrected chi connectivity index (χ4v) is 3.59. The number of hydrogen-bond acceptors (Lipinski definition) is 5. The molecule has 1 aliphatic carbocycles. The van der Waals surface area contributed by atoms with Gasteiger partial charge in [-0.15, -0.1) is 0 Å². The average molecular weight is 386 g/mol. The molecular formula is C23H31NO4. The number of allylic oxidation sites excluding steroid dienone is 2. The molecule has 0 aliphatic heterocycles. The molecular weight excluding hydrogens is 354 g/mol. The van der Waals surface area contributed by atoms with Gasteiger partial charge in [0.05, 0.1) is 25.2 Å². The fraction of sp³-hybridized carbons (Fsp3) is 0.565. The molecule has 2 rings (SSSR count). The molecule has 0 unspecified atom stereocenters. The molecule has 1 aromatic carbocycles. The lowest BCUT2D eigenvalue weighted by Crippen LogP contribution is -2.13. The van der Waals surface area contributed by atoms with Gasteiger partial charge >= 0.3 is 5.97 Å². The van der Waals surface area contributed by atoms with Crippen molar-refractivity contribution in [3.8, 4) is 17.6 Å². The van der Waals surface area contributed by atoms with Crippen LogP contribution in [0.3, 0.4) is 0 Å². The van der Waals surface area contributed by atoms with Crippen molar-refractivity contribution in [1.82, 2.24) is 0 Å². The zero-order chi connectivity index (χ0) is 20.5. The predicted octanol–water partition coefficient (Wildman–Crippen LogP) is 5.17. The highest BCUT2D eigenvalue weighted by Gasteiger charge is 2.24. The first-order valence-corrected chi connectivity index (χ1v) is 10.1. The van der Waals surface area contributed by atoms with Crippen LogP contribution in [0.2, 0.25) is 0 Å². The minimum Gasteiger partial charge on any atom is -0.508 e. The Kier molecular flexibility index (Phi) is 8.38. The number of phenolic OH excluding ortho intramolecular Hbond substituents is 1. The van der Waals surface area contributed by atoms with Gasteiger partial charge in [0.1, 0.15) is 11.5 Å². The van der Waals surface area contributed by atoms with Crippen molar-refractivity contribution in [2.24, 2.45) is 0 Å². The SMILES string of the molecule is CC1=CCC[C@H](c2c(O)cc(CC(=O)OCCCCC#N)cc2OC(C)C)C1. The minimum absolute atomic E-state index is 0.0271. The van der Waals surface area contributed by atoms with Gasteiger partial charge in [0.25, 0.3) is 0 Å². The first-order valence-electron chi connectivity index (χ1n) is 10.1. The first-order chi connectivity index (χ1) is 13.4. The van der Waals surface area contributed by atoms with Crippen LogP contribution < -0.4 is 4.74 Å². The molecule has 1 atom stereocenters. The van der Waals surface area contributed by atoms with Crippen molar-refractivity contribution in [2.75, 3.05) is 6.61 Å². The van der Waals surface area contributed by atoms with Crippen molar-refractivity contribution in [3.63, 3.8) is 0 Å². The summed E-state index contributed by atoms with van der Waals surface area (Å²) >= 11 is 0. The number of aromatic hydroxyl groups is 1. The first kappa shape index (κ1) is 21.8. The predicted molar refractivity (Wildman–Crippen MR) is 108 cm³/mol. The Hall–Kier alpha value is -2.48. The van der Waals surface area contributed by atoms with E-state index < -0.39 is 0 Å². The summed E-state index contributed by atoms with van der Waals surface area (Å²) < 4.78 is 11.2. The molecule has 28 heavy (non-hydrogen) atoms. The standard InChI is InChI=1S/C23H31NO4/c1-16(2)28-21-14-18(15-22(26)27-11-6-4-5-10-24)13-20(25)23(21)19-9-7-8-17(3)12-19/h8,13-14,16,19,25H,4-7,9,11-12,15H2,1-3H3/t19-/m0/s1. The molecule has 1 N–H and O–H groups in total. The van der Waals surface area contributed by atoms with Gasteiger partial charge in [-0.1, -0.05) is 11.6 Å². The zero-order valence-electron chi connectivity index (χ0n) is 17.2. The third-order valence-electron chi connectivity index (χ3n) is 4.82. The molecule has 0 bridgehead atoms. The minimum atomic E-state index is -0.337. The molecule has 0 spiro atoms. The van der Waals surface area contributed by atoms with Crippen molar-refractivity contribution >= 4 is 5.97 Å². The smallest absolute Gasteiger partial charge is 0.310 e. The Morgan fingerprint density at radius 1 is 1.36 bits per heavy atom. The maximum atomic E-state index is 12.1. The van der Waals surface area contributed by atoms with E-state index in [0.717, 1.165) is 31.2 Å². The highest BCUT2D eigenvalue weighted by molar-refractivity contribution is 5.73. The number of esters is 1. The van der Waals surface area contributed by atoms with Gasteiger partial charge in [-0.25, -0.2) is 0 Å². The monoisotopic (exact) mass is 385 g/mol. The Balaban J connectivity index is 2.12. The maximum absolute atomic E-state index is 12.1. The van der Waals surface area contributed by atoms with E-state index in [4.69, 9.17) is 14.7 Å². The molecule has 0 heterocycles. The van der Waals surface area contributed by atoms with E-state index in [9.17, 15) is 9.90 Å². The fourth-order valence-electron chi connectivity index (χ4n) is 3.59. The summed E-state index contributed by atoms with van der Waals surface area (Å²) in [5.74, 6) is 0.733. The molecule has 1 aliphatic rings. The molecule has 5 nitrogen and oxygen atoms in total. The van der Waals surface area contributed by atoms with Crippen LogP contribution in [0.1, 0.15) is 76.3 Å². The highest BCUT2D eigenvalue weighted by atomic mass is 16.5. The van der Waals surface area contributed by atoms with Crippen LogP contribution >= 0.6 is 0 Å². The van der Waals surface area contributed by atoms with Gasteiger partial charge in [-0.05, 0) is 76.5 Å². The van der Waals surface area contributed by atoms with E-state index in [2.05, 4.69) is 19.1 Å². The van der Waals surface area contributed by atoms with E-state index in [-0.39, 0.29) is 30.2 Å². The molecule has 0 fully saturated rings. The van der Waals surface area contributed by atoms with Gasteiger partial charge < -0.3 is 14.6 Å². The molecule has 0 radical (unpaired) electrons. The number of carbonyl (C=O) groups excluding carboxylic acids is 1. The Labute approximate surface area is 168 Å². The highest BCUT2D eigenvalue weighted by Crippen LogP contribution is 2.43. The van der Waals surface area contributed by atoms with Gasteiger partial charge in [-0.3, -0.25) is 4.79 Å². The van der Waals surface area contributed by atoms with Gasteiger partial charge in [-0.2, -0.15) is 5.26 Å². The van der Waals surface area contributed by atoms with Crippen LogP contribution in [-0.4, -0.2) is 23.8 Å². The van der Waals surface area contributed by atoms with Gasteiger partial charge in [0, 0.05) is 12.0 Å². The van der Waals surface area contributed by atoms with E-state index in [1.165, 1.54) is 5.57 Å². The number of carbonyl (C=O) groups is 1. The quantitative estimate of drug-likeness (QED) is 0.360. The van der Waals surface area contributed by atoms with E-state index in [1.807, 2.05) is 19.9 Å². The number of benzene rings is 1. The molecule has 0 aromatic heterocycles. The van der Waals surface area contributed by atoms with E-state index in [1.54, 1.807) is 6.07 Å². The number of hydrogen-bond donors (Lipinski definition) is 1. The van der Waals surface area contributed by atoms with Gasteiger partial charge in [0.2, 0.25) is 0 Å². The number of nitriles is 1. The third kappa shape index (κ3) is 6.60. The second-order valence-electron chi connectivity index (χ2n) is 7.73. The molecule has 152 valence electrons.